The maximum atomic E-state index is 12.1. The van der Waals surface area contributed by atoms with Crippen LogP contribution in [0.2, 0.25) is 0 Å². The predicted molar refractivity (Wildman–Crippen MR) is 156 cm³/mol. The van der Waals surface area contributed by atoms with Gasteiger partial charge in [0.1, 0.15) is 48.8 Å². The molecule has 2 aliphatic rings. The highest BCUT2D eigenvalue weighted by atomic mass is 16.7. The number of carbonyl (C=O) groups is 1. The standard InChI is InChI=1S/C30H57NO12/c1-2-3-4-5-6-7-8-9-10-11-12-13-14-15-22(33)31-16-17-40-29-27(38)26(37)24(35)21(43-29)19-41-30-28(39)25(36)23(34)20(18-32)42-30/h20-21,23-30,32,34-39H,2-19H2,1H3,(H,31,33)/t20-,21-,23+,24-,25+,26+,27-,28-,29-,30+/m1/s1. The number of aliphatic hydroxyl groups excluding tert-OH is 7. The first-order valence-corrected chi connectivity index (χ1v) is 16.2. The van der Waals surface area contributed by atoms with Gasteiger partial charge in [-0.05, 0) is 6.42 Å². The number of carbonyl (C=O) groups excluding carboxylic acids is 1. The van der Waals surface area contributed by atoms with Gasteiger partial charge in [-0.15, -0.1) is 0 Å². The molecule has 8 N–H and O–H groups in total. The third-order valence-corrected chi connectivity index (χ3v) is 8.16. The highest BCUT2D eigenvalue weighted by Gasteiger charge is 2.47. The van der Waals surface area contributed by atoms with Crippen LogP contribution in [0.3, 0.4) is 0 Å². The zero-order valence-corrected chi connectivity index (χ0v) is 25.7. The fourth-order valence-corrected chi connectivity index (χ4v) is 5.34. The summed E-state index contributed by atoms with van der Waals surface area (Å²) in [7, 11) is 0. The normalized spacial score (nSPS) is 33.0. The summed E-state index contributed by atoms with van der Waals surface area (Å²) in [6.45, 7) is 1.30. The van der Waals surface area contributed by atoms with Gasteiger partial charge in [0, 0.05) is 13.0 Å². The Bertz CT molecular complexity index is 731. The van der Waals surface area contributed by atoms with E-state index in [1.165, 1.54) is 64.2 Å². The topological polar surface area (TPSA) is 208 Å². The van der Waals surface area contributed by atoms with E-state index >= 15 is 0 Å². The minimum Gasteiger partial charge on any atom is -0.394 e. The third kappa shape index (κ3) is 13.5. The van der Waals surface area contributed by atoms with Crippen LogP contribution < -0.4 is 5.32 Å². The van der Waals surface area contributed by atoms with Gasteiger partial charge < -0.3 is 60.0 Å². The zero-order chi connectivity index (χ0) is 31.6. The van der Waals surface area contributed by atoms with Crippen LogP contribution >= 0.6 is 0 Å². The smallest absolute Gasteiger partial charge is 0.220 e. The molecule has 0 aromatic rings. The average molecular weight is 624 g/mol. The van der Waals surface area contributed by atoms with E-state index in [1.807, 2.05) is 0 Å². The molecule has 0 saturated carbocycles. The number of amides is 1. The van der Waals surface area contributed by atoms with Gasteiger partial charge in [-0.1, -0.05) is 84.0 Å². The number of rotatable bonds is 22. The molecular formula is C30H57NO12. The Morgan fingerprint density at radius 2 is 1.09 bits per heavy atom. The lowest BCUT2D eigenvalue weighted by molar-refractivity contribution is -0.330. The summed E-state index contributed by atoms with van der Waals surface area (Å²) in [6, 6.07) is 0. The highest BCUT2D eigenvalue weighted by molar-refractivity contribution is 5.75. The van der Waals surface area contributed by atoms with E-state index < -0.39 is 74.6 Å². The van der Waals surface area contributed by atoms with Gasteiger partial charge in [-0.3, -0.25) is 4.79 Å². The summed E-state index contributed by atoms with van der Waals surface area (Å²) < 4.78 is 21.7. The molecule has 0 unspecified atom stereocenters. The second kappa shape index (κ2) is 21.7. The number of unbranched alkanes of at least 4 members (excludes halogenated alkanes) is 12. The summed E-state index contributed by atoms with van der Waals surface area (Å²) in [5.41, 5.74) is 0. The van der Waals surface area contributed by atoms with Crippen molar-refractivity contribution in [2.75, 3.05) is 26.4 Å². The Morgan fingerprint density at radius 1 is 0.628 bits per heavy atom. The van der Waals surface area contributed by atoms with Gasteiger partial charge in [0.2, 0.25) is 5.91 Å². The Kier molecular flexibility index (Phi) is 19.3. The van der Waals surface area contributed by atoms with E-state index in [9.17, 15) is 40.5 Å². The van der Waals surface area contributed by atoms with Crippen molar-refractivity contribution in [3.05, 3.63) is 0 Å². The summed E-state index contributed by atoms with van der Waals surface area (Å²) >= 11 is 0. The maximum Gasteiger partial charge on any atom is 0.220 e. The van der Waals surface area contributed by atoms with Crippen LogP contribution in [0.15, 0.2) is 0 Å². The molecule has 2 rings (SSSR count). The number of nitrogens with one attached hydrogen (secondary N) is 1. The molecule has 0 aromatic heterocycles. The van der Waals surface area contributed by atoms with E-state index in [4.69, 9.17) is 18.9 Å². The largest absolute Gasteiger partial charge is 0.394 e. The second-order valence-corrected chi connectivity index (χ2v) is 11.8. The number of aliphatic hydroxyl groups is 7. The maximum absolute atomic E-state index is 12.1. The molecular weight excluding hydrogens is 566 g/mol. The van der Waals surface area contributed by atoms with Crippen molar-refractivity contribution in [1.29, 1.82) is 0 Å². The summed E-state index contributed by atoms with van der Waals surface area (Å²) in [6.07, 6.45) is 1.67. The molecule has 254 valence electrons. The van der Waals surface area contributed by atoms with Gasteiger partial charge in [-0.2, -0.15) is 0 Å². The molecule has 1 amide bonds. The van der Waals surface area contributed by atoms with Gasteiger partial charge in [0.25, 0.3) is 0 Å². The monoisotopic (exact) mass is 623 g/mol. The van der Waals surface area contributed by atoms with Crippen LogP contribution in [-0.4, -0.2) is 129 Å². The quantitative estimate of drug-likeness (QED) is 0.0763. The van der Waals surface area contributed by atoms with Gasteiger partial charge in [0.05, 0.1) is 19.8 Å². The van der Waals surface area contributed by atoms with Crippen molar-refractivity contribution in [2.45, 2.75) is 158 Å². The van der Waals surface area contributed by atoms with Crippen LogP contribution in [0.4, 0.5) is 0 Å². The Hall–Kier alpha value is -0.970. The Labute approximate surface area is 255 Å². The zero-order valence-electron chi connectivity index (χ0n) is 25.7. The average Bonchev–Trinajstić information content (AvgIpc) is 3.00. The van der Waals surface area contributed by atoms with E-state index in [-0.39, 0.29) is 19.1 Å². The lowest BCUT2D eigenvalue weighted by Gasteiger charge is -2.42. The molecule has 0 aliphatic carbocycles. The van der Waals surface area contributed by atoms with Crippen molar-refractivity contribution in [3.63, 3.8) is 0 Å². The summed E-state index contributed by atoms with van der Waals surface area (Å²) in [4.78, 5) is 12.1. The molecule has 2 aliphatic heterocycles. The molecule has 10 atom stereocenters. The fourth-order valence-electron chi connectivity index (χ4n) is 5.34. The fraction of sp³-hybridized carbons (Fsp3) is 0.967. The highest BCUT2D eigenvalue weighted by Crippen LogP contribution is 2.26. The minimum absolute atomic E-state index is 0.0187. The van der Waals surface area contributed by atoms with Crippen LogP contribution in [0, 0.1) is 0 Å². The number of ether oxygens (including phenoxy) is 4. The van der Waals surface area contributed by atoms with E-state index in [0.29, 0.717) is 6.42 Å². The summed E-state index contributed by atoms with van der Waals surface area (Å²) in [5.74, 6) is -0.0990. The SMILES string of the molecule is CCCCCCCCCCCCCCCC(=O)NCCO[C@@H]1O[C@H](CO[C@H]2O[C@H](CO)[C@H](O)[C@H](O)[C@H]2O)[C@@H](O)[C@H](O)[C@H]1O. The molecule has 2 fully saturated rings. The third-order valence-electron chi connectivity index (χ3n) is 8.16. The lowest BCUT2D eigenvalue weighted by atomic mass is 9.98. The molecule has 0 bridgehead atoms. The lowest BCUT2D eigenvalue weighted by Crippen LogP contribution is -2.61. The van der Waals surface area contributed by atoms with E-state index in [0.717, 1.165) is 19.3 Å². The first-order valence-electron chi connectivity index (χ1n) is 16.2. The van der Waals surface area contributed by atoms with Crippen molar-refractivity contribution in [3.8, 4) is 0 Å². The van der Waals surface area contributed by atoms with Crippen molar-refractivity contribution < 1.29 is 59.5 Å². The van der Waals surface area contributed by atoms with Crippen LogP contribution in [0.1, 0.15) is 96.8 Å². The van der Waals surface area contributed by atoms with Crippen molar-refractivity contribution in [1.82, 2.24) is 5.32 Å². The molecule has 0 radical (unpaired) electrons. The number of hydrogen-bond donors (Lipinski definition) is 8. The molecule has 2 heterocycles. The first kappa shape index (κ1) is 38.2. The number of hydrogen-bond acceptors (Lipinski definition) is 12. The molecule has 13 nitrogen and oxygen atoms in total. The van der Waals surface area contributed by atoms with Crippen LogP contribution in [-0.2, 0) is 23.7 Å². The minimum atomic E-state index is -1.65. The summed E-state index contributed by atoms with van der Waals surface area (Å²) in [5, 5.41) is 72.8. The molecule has 0 spiro atoms. The van der Waals surface area contributed by atoms with E-state index in [1.54, 1.807) is 0 Å². The molecule has 0 aromatic carbocycles. The molecule has 2 saturated heterocycles. The van der Waals surface area contributed by atoms with Gasteiger partial charge >= 0.3 is 0 Å². The van der Waals surface area contributed by atoms with Crippen LogP contribution in [0.25, 0.3) is 0 Å². The van der Waals surface area contributed by atoms with E-state index in [2.05, 4.69) is 12.2 Å². The first-order chi connectivity index (χ1) is 20.7. The predicted octanol–water partition coefficient (Wildman–Crippen LogP) is 0.225. The van der Waals surface area contributed by atoms with Crippen LogP contribution in [0.5, 0.6) is 0 Å². The van der Waals surface area contributed by atoms with Gasteiger partial charge in [-0.25, -0.2) is 0 Å². The Balaban J connectivity index is 1.57. The Morgan fingerprint density at radius 3 is 1.63 bits per heavy atom. The molecule has 13 heteroatoms. The van der Waals surface area contributed by atoms with Crippen molar-refractivity contribution in [2.24, 2.45) is 0 Å². The van der Waals surface area contributed by atoms with Gasteiger partial charge in [0.15, 0.2) is 12.6 Å². The van der Waals surface area contributed by atoms with Crippen molar-refractivity contribution >= 4 is 5.91 Å². The second-order valence-electron chi connectivity index (χ2n) is 11.8. The molecule has 43 heavy (non-hydrogen) atoms.